The third kappa shape index (κ3) is 4.26. The lowest BCUT2D eigenvalue weighted by Gasteiger charge is -2.46. The van der Waals surface area contributed by atoms with Gasteiger partial charge < -0.3 is 4.90 Å². The van der Waals surface area contributed by atoms with E-state index in [9.17, 15) is 0 Å². The topological polar surface area (TPSA) is 3.24 Å². The zero-order valence-corrected chi connectivity index (χ0v) is 13.6. The summed E-state index contributed by atoms with van der Waals surface area (Å²) in [5.74, 6) is 2.72. The lowest BCUT2D eigenvalue weighted by Crippen LogP contribution is -2.49. The number of nitrogens with zero attached hydrogens (tertiary/aromatic N) is 1. The molecule has 0 amide bonds. The predicted octanol–water partition coefficient (Wildman–Crippen LogP) is 4.96. The minimum absolute atomic E-state index is 0.426. The van der Waals surface area contributed by atoms with E-state index in [-0.39, 0.29) is 0 Å². The van der Waals surface area contributed by atoms with Crippen molar-refractivity contribution >= 4 is 0 Å². The molecule has 0 aromatic rings. The van der Waals surface area contributed by atoms with Crippen molar-refractivity contribution in [3.8, 4) is 0 Å². The largest absolute Gasteiger partial charge is 0.304 e. The third-order valence-electron chi connectivity index (χ3n) is 5.38. The summed E-state index contributed by atoms with van der Waals surface area (Å²) in [4.78, 5) is 2.51. The van der Waals surface area contributed by atoms with Gasteiger partial charge in [0.25, 0.3) is 0 Å². The highest BCUT2D eigenvalue weighted by atomic mass is 15.1. The Balaban J connectivity index is 2.56. The smallest absolute Gasteiger partial charge is 0.0203 e. The first-order valence-electron chi connectivity index (χ1n) is 8.03. The summed E-state index contributed by atoms with van der Waals surface area (Å²) in [5, 5.41) is 0. The van der Waals surface area contributed by atoms with Crippen LogP contribution in [0, 0.1) is 17.8 Å². The summed E-state index contributed by atoms with van der Waals surface area (Å²) in [5.41, 5.74) is 0.426. The van der Waals surface area contributed by atoms with E-state index in [4.69, 9.17) is 0 Å². The summed E-state index contributed by atoms with van der Waals surface area (Å²) in [7, 11) is 4.57. The Morgan fingerprint density at radius 2 is 1.67 bits per heavy atom. The molecule has 1 atom stereocenters. The van der Waals surface area contributed by atoms with Crippen molar-refractivity contribution in [1.82, 2.24) is 4.90 Å². The van der Waals surface area contributed by atoms with Gasteiger partial charge in [0.1, 0.15) is 0 Å². The van der Waals surface area contributed by atoms with Crippen LogP contribution in [-0.4, -0.2) is 24.5 Å². The molecule has 18 heavy (non-hydrogen) atoms. The van der Waals surface area contributed by atoms with Crippen molar-refractivity contribution in [2.75, 3.05) is 14.1 Å². The highest BCUT2D eigenvalue weighted by Gasteiger charge is 2.37. The first-order chi connectivity index (χ1) is 8.36. The molecule has 1 aliphatic carbocycles. The van der Waals surface area contributed by atoms with Crippen LogP contribution >= 0.6 is 0 Å². The lowest BCUT2D eigenvalue weighted by molar-refractivity contribution is 0.0511. The monoisotopic (exact) mass is 253 g/mol. The van der Waals surface area contributed by atoms with Crippen molar-refractivity contribution in [1.29, 1.82) is 0 Å². The fourth-order valence-corrected chi connectivity index (χ4v) is 3.54. The van der Waals surface area contributed by atoms with E-state index in [2.05, 4.69) is 46.7 Å². The molecular weight excluding hydrogens is 218 g/mol. The molecule has 1 nitrogen and oxygen atoms in total. The Morgan fingerprint density at radius 1 is 1.11 bits per heavy atom. The summed E-state index contributed by atoms with van der Waals surface area (Å²) in [6.07, 6.45) is 9.91. The van der Waals surface area contributed by atoms with Gasteiger partial charge in [-0.2, -0.15) is 0 Å². The number of rotatable bonds is 6. The summed E-state index contributed by atoms with van der Waals surface area (Å²) in [6.45, 7) is 9.61. The molecule has 0 saturated heterocycles. The molecule has 108 valence electrons. The van der Waals surface area contributed by atoms with Crippen LogP contribution in [0.3, 0.4) is 0 Å². The van der Waals surface area contributed by atoms with Crippen LogP contribution in [0.1, 0.15) is 72.6 Å². The first kappa shape index (κ1) is 16.0. The van der Waals surface area contributed by atoms with E-state index < -0.39 is 0 Å². The molecule has 0 spiro atoms. The molecule has 0 bridgehead atoms. The summed E-state index contributed by atoms with van der Waals surface area (Å²) < 4.78 is 0. The second-order valence-corrected chi connectivity index (χ2v) is 7.49. The maximum Gasteiger partial charge on any atom is 0.0203 e. The quantitative estimate of drug-likeness (QED) is 0.647. The molecule has 1 aliphatic rings. The van der Waals surface area contributed by atoms with Crippen LogP contribution in [0.2, 0.25) is 0 Å². The van der Waals surface area contributed by atoms with Gasteiger partial charge in [-0.25, -0.2) is 0 Å². The summed E-state index contributed by atoms with van der Waals surface area (Å²) >= 11 is 0. The minimum atomic E-state index is 0.426. The van der Waals surface area contributed by atoms with Crippen LogP contribution in [0.25, 0.3) is 0 Å². The van der Waals surface area contributed by atoms with Gasteiger partial charge in [-0.1, -0.05) is 46.5 Å². The van der Waals surface area contributed by atoms with Crippen LogP contribution < -0.4 is 0 Å². The Bertz CT molecular complexity index is 226. The van der Waals surface area contributed by atoms with Gasteiger partial charge in [0.2, 0.25) is 0 Å². The fourth-order valence-electron chi connectivity index (χ4n) is 3.54. The molecule has 0 heterocycles. The van der Waals surface area contributed by atoms with E-state index in [0.717, 1.165) is 17.8 Å². The van der Waals surface area contributed by atoms with Gasteiger partial charge in [-0.05, 0) is 58.0 Å². The van der Waals surface area contributed by atoms with E-state index >= 15 is 0 Å². The van der Waals surface area contributed by atoms with Crippen molar-refractivity contribution in [3.05, 3.63) is 0 Å². The Hall–Kier alpha value is -0.0400. The molecule has 0 unspecified atom stereocenters. The molecule has 1 saturated carbocycles. The highest BCUT2D eigenvalue weighted by molar-refractivity contribution is 4.92. The van der Waals surface area contributed by atoms with Crippen molar-refractivity contribution < 1.29 is 0 Å². The standard InChI is InChI=1S/C17H35N/c1-14(2)8-7-13-17(4,18(5)6)16-11-9-15(3)10-12-16/h14-16H,7-13H2,1-6H3/t15?,16?,17-/m0/s1. The van der Waals surface area contributed by atoms with Gasteiger partial charge in [-0.3, -0.25) is 0 Å². The second kappa shape index (κ2) is 6.93. The molecular formula is C17H35N. The molecule has 0 aliphatic heterocycles. The normalized spacial score (nSPS) is 28.7. The van der Waals surface area contributed by atoms with E-state index in [0.29, 0.717) is 5.54 Å². The van der Waals surface area contributed by atoms with Gasteiger partial charge >= 0.3 is 0 Å². The molecule has 0 radical (unpaired) electrons. The Morgan fingerprint density at radius 3 is 2.11 bits per heavy atom. The second-order valence-electron chi connectivity index (χ2n) is 7.49. The molecule has 1 fully saturated rings. The van der Waals surface area contributed by atoms with Crippen LogP contribution in [0.5, 0.6) is 0 Å². The van der Waals surface area contributed by atoms with Crippen molar-refractivity contribution in [3.63, 3.8) is 0 Å². The average Bonchev–Trinajstić information content (AvgIpc) is 2.28. The average molecular weight is 253 g/mol. The van der Waals surface area contributed by atoms with Gasteiger partial charge in [0, 0.05) is 5.54 Å². The summed E-state index contributed by atoms with van der Waals surface area (Å²) in [6, 6.07) is 0. The van der Waals surface area contributed by atoms with Gasteiger partial charge in [0.15, 0.2) is 0 Å². The van der Waals surface area contributed by atoms with Gasteiger partial charge in [-0.15, -0.1) is 0 Å². The van der Waals surface area contributed by atoms with E-state index in [1.807, 2.05) is 0 Å². The Kier molecular flexibility index (Phi) is 6.17. The number of hydrogen-bond acceptors (Lipinski definition) is 1. The molecule has 1 heteroatoms. The predicted molar refractivity (Wildman–Crippen MR) is 81.9 cm³/mol. The maximum atomic E-state index is 2.51. The van der Waals surface area contributed by atoms with E-state index in [1.165, 1.54) is 44.9 Å². The number of hydrogen-bond donors (Lipinski definition) is 0. The molecule has 0 aromatic carbocycles. The maximum absolute atomic E-state index is 2.51. The minimum Gasteiger partial charge on any atom is -0.304 e. The third-order valence-corrected chi connectivity index (χ3v) is 5.38. The van der Waals surface area contributed by atoms with E-state index in [1.54, 1.807) is 0 Å². The van der Waals surface area contributed by atoms with Crippen molar-refractivity contribution in [2.24, 2.45) is 17.8 Å². The van der Waals surface area contributed by atoms with Crippen LogP contribution in [0.4, 0.5) is 0 Å². The fraction of sp³-hybridized carbons (Fsp3) is 1.00. The zero-order chi connectivity index (χ0) is 13.8. The van der Waals surface area contributed by atoms with Crippen LogP contribution in [0.15, 0.2) is 0 Å². The SMILES string of the molecule is CC(C)CCC[C@@](C)(C1CCC(C)CC1)N(C)C. The lowest BCUT2D eigenvalue weighted by atomic mass is 9.70. The molecule has 1 rings (SSSR count). The highest BCUT2D eigenvalue weighted by Crippen LogP contribution is 2.40. The first-order valence-corrected chi connectivity index (χ1v) is 8.03. The zero-order valence-electron chi connectivity index (χ0n) is 13.6. The Labute approximate surface area is 115 Å². The molecule has 0 aromatic heterocycles. The van der Waals surface area contributed by atoms with Gasteiger partial charge in [0.05, 0.1) is 0 Å². The molecule has 0 N–H and O–H groups in total. The van der Waals surface area contributed by atoms with Crippen molar-refractivity contribution in [2.45, 2.75) is 78.2 Å². The van der Waals surface area contributed by atoms with Crippen LogP contribution in [-0.2, 0) is 0 Å².